The number of likely N-dealkylation sites (tertiary alicyclic amines) is 1. The van der Waals surface area contributed by atoms with Crippen LogP contribution in [0.5, 0.6) is 5.75 Å². The number of benzene rings is 1. The van der Waals surface area contributed by atoms with E-state index in [1.165, 1.54) is 18.4 Å². The summed E-state index contributed by atoms with van der Waals surface area (Å²) in [5.74, 6) is 1.44. The lowest BCUT2D eigenvalue weighted by atomic mass is 9.98. The molecule has 3 atom stereocenters. The standard InChI is InChI=1S/C20H28N2O3/c1-24-17-4-2-3-15(12-17)20-18(7-9-22(20)16-5-6-16)21-19(23)11-14-8-10-25-13-14/h2-4,12,14,16,18,20H,5-11,13H2,1H3,(H,21,23). The summed E-state index contributed by atoms with van der Waals surface area (Å²) in [5, 5.41) is 3.33. The molecule has 2 aliphatic heterocycles. The Morgan fingerprint density at radius 1 is 1.32 bits per heavy atom. The summed E-state index contributed by atoms with van der Waals surface area (Å²) in [7, 11) is 1.70. The van der Waals surface area contributed by atoms with E-state index in [4.69, 9.17) is 9.47 Å². The number of ether oxygens (including phenoxy) is 2. The van der Waals surface area contributed by atoms with Crippen molar-refractivity contribution in [3.05, 3.63) is 29.8 Å². The van der Waals surface area contributed by atoms with Crippen LogP contribution in [0.1, 0.15) is 43.7 Å². The van der Waals surface area contributed by atoms with Crippen molar-refractivity contribution in [2.75, 3.05) is 26.9 Å². The third-order valence-corrected chi connectivity index (χ3v) is 5.73. The molecule has 1 aliphatic carbocycles. The average Bonchev–Trinajstić information content (AvgIpc) is 3.19. The maximum atomic E-state index is 12.5. The van der Waals surface area contributed by atoms with Crippen molar-refractivity contribution in [2.24, 2.45) is 5.92 Å². The van der Waals surface area contributed by atoms with E-state index < -0.39 is 0 Å². The maximum absolute atomic E-state index is 12.5. The molecule has 5 heteroatoms. The summed E-state index contributed by atoms with van der Waals surface area (Å²) < 4.78 is 10.8. The number of methoxy groups -OCH3 is 1. The molecule has 25 heavy (non-hydrogen) atoms. The minimum absolute atomic E-state index is 0.172. The minimum atomic E-state index is 0.172. The second-order valence-corrected chi connectivity index (χ2v) is 7.59. The number of amides is 1. The van der Waals surface area contributed by atoms with E-state index in [1.54, 1.807) is 7.11 Å². The maximum Gasteiger partial charge on any atom is 0.220 e. The highest BCUT2D eigenvalue weighted by atomic mass is 16.5. The fourth-order valence-electron chi connectivity index (χ4n) is 4.30. The Labute approximate surface area is 149 Å². The zero-order chi connectivity index (χ0) is 17.2. The van der Waals surface area contributed by atoms with Crippen LogP contribution in [0, 0.1) is 5.92 Å². The van der Waals surface area contributed by atoms with E-state index >= 15 is 0 Å². The van der Waals surface area contributed by atoms with Gasteiger partial charge >= 0.3 is 0 Å². The Morgan fingerprint density at radius 2 is 2.20 bits per heavy atom. The fourth-order valence-corrected chi connectivity index (χ4v) is 4.30. The van der Waals surface area contributed by atoms with Gasteiger partial charge in [-0.15, -0.1) is 0 Å². The number of carbonyl (C=O) groups is 1. The van der Waals surface area contributed by atoms with E-state index in [-0.39, 0.29) is 18.0 Å². The molecule has 0 bridgehead atoms. The van der Waals surface area contributed by atoms with Crippen LogP contribution in [0.2, 0.25) is 0 Å². The summed E-state index contributed by atoms with van der Waals surface area (Å²) in [5.41, 5.74) is 1.25. The number of hydrogen-bond donors (Lipinski definition) is 1. The van der Waals surface area contributed by atoms with Crippen molar-refractivity contribution in [3.8, 4) is 5.75 Å². The Kier molecular flexibility index (Phi) is 4.95. The zero-order valence-electron chi connectivity index (χ0n) is 14.9. The lowest BCUT2D eigenvalue weighted by Crippen LogP contribution is -2.40. The third kappa shape index (κ3) is 3.82. The van der Waals surface area contributed by atoms with Gasteiger partial charge in [0.15, 0.2) is 0 Å². The molecule has 0 aromatic heterocycles. The van der Waals surface area contributed by atoms with E-state index in [9.17, 15) is 4.79 Å². The van der Waals surface area contributed by atoms with Crippen molar-refractivity contribution in [1.82, 2.24) is 10.2 Å². The van der Waals surface area contributed by atoms with Crippen LogP contribution in [0.4, 0.5) is 0 Å². The van der Waals surface area contributed by atoms with Gasteiger partial charge in [-0.25, -0.2) is 0 Å². The molecule has 1 saturated carbocycles. The number of rotatable bonds is 6. The number of nitrogens with zero attached hydrogens (tertiary/aromatic N) is 1. The number of nitrogens with one attached hydrogen (secondary N) is 1. The first-order chi connectivity index (χ1) is 12.2. The first-order valence-corrected chi connectivity index (χ1v) is 9.51. The van der Waals surface area contributed by atoms with Crippen LogP contribution in [0.3, 0.4) is 0 Å². The predicted molar refractivity (Wildman–Crippen MR) is 95.6 cm³/mol. The van der Waals surface area contributed by atoms with Crippen molar-refractivity contribution >= 4 is 5.91 Å². The van der Waals surface area contributed by atoms with Gasteiger partial charge in [-0.1, -0.05) is 12.1 Å². The van der Waals surface area contributed by atoms with E-state index in [2.05, 4.69) is 22.3 Å². The molecule has 1 aromatic rings. The van der Waals surface area contributed by atoms with Gasteiger partial charge in [-0.05, 0) is 49.3 Å². The topological polar surface area (TPSA) is 50.8 Å². The average molecular weight is 344 g/mol. The lowest BCUT2D eigenvalue weighted by molar-refractivity contribution is -0.122. The van der Waals surface area contributed by atoms with E-state index in [0.717, 1.165) is 38.3 Å². The number of carbonyl (C=O) groups excluding carboxylic acids is 1. The van der Waals surface area contributed by atoms with Crippen molar-refractivity contribution in [3.63, 3.8) is 0 Å². The van der Waals surface area contributed by atoms with Gasteiger partial charge in [0.05, 0.1) is 13.2 Å². The van der Waals surface area contributed by atoms with Crippen LogP contribution in [-0.4, -0.2) is 49.8 Å². The van der Waals surface area contributed by atoms with Gasteiger partial charge in [0.1, 0.15) is 5.75 Å². The third-order valence-electron chi connectivity index (χ3n) is 5.73. The Morgan fingerprint density at radius 3 is 2.92 bits per heavy atom. The van der Waals surface area contributed by atoms with Crippen LogP contribution >= 0.6 is 0 Å². The first-order valence-electron chi connectivity index (χ1n) is 9.51. The summed E-state index contributed by atoms with van der Waals surface area (Å²) in [6, 6.07) is 9.43. The second-order valence-electron chi connectivity index (χ2n) is 7.59. The van der Waals surface area contributed by atoms with E-state index in [1.807, 2.05) is 12.1 Å². The van der Waals surface area contributed by atoms with Gasteiger partial charge in [0.25, 0.3) is 0 Å². The van der Waals surface area contributed by atoms with Gasteiger partial charge < -0.3 is 14.8 Å². The highest BCUT2D eigenvalue weighted by Gasteiger charge is 2.43. The van der Waals surface area contributed by atoms with E-state index in [0.29, 0.717) is 18.4 Å². The molecule has 0 radical (unpaired) electrons. The van der Waals surface area contributed by atoms with Gasteiger partial charge in [0, 0.05) is 38.3 Å². The molecule has 136 valence electrons. The smallest absolute Gasteiger partial charge is 0.220 e. The van der Waals surface area contributed by atoms with Crippen LogP contribution in [0.25, 0.3) is 0 Å². The molecule has 1 N–H and O–H groups in total. The predicted octanol–water partition coefficient (Wildman–Crippen LogP) is 2.52. The summed E-state index contributed by atoms with van der Waals surface area (Å²) in [4.78, 5) is 15.1. The molecule has 4 rings (SSSR count). The molecule has 2 saturated heterocycles. The SMILES string of the molecule is COc1cccc(C2C(NC(=O)CC3CCOC3)CCN2C2CC2)c1. The Balaban J connectivity index is 1.48. The zero-order valence-corrected chi connectivity index (χ0v) is 14.9. The van der Waals surface area contributed by atoms with Gasteiger partial charge in [0.2, 0.25) is 5.91 Å². The quantitative estimate of drug-likeness (QED) is 0.861. The normalized spacial score (nSPS) is 29.7. The molecule has 3 fully saturated rings. The Hall–Kier alpha value is -1.59. The molecule has 3 unspecified atom stereocenters. The molecule has 0 spiro atoms. The van der Waals surface area contributed by atoms with Crippen molar-refractivity contribution in [2.45, 2.75) is 50.2 Å². The lowest BCUT2D eigenvalue weighted by Gasteiger charge is -2.29. The van der Waals surface area contributed by atoms with Crippen LogP contribution in [-0.2, 0) is 9.53 Å². The van der Waals surface area contributed by atoms with Crippen molar-refractivity contribution < 1.29 is 14.3 Å². The van der Waals surface area contributed by atoms with Crippen LogP contribution in [0.15, 0.2) is 24.3 Å². The monoisotopic (exact) mass is 344 g/mol. The molecule has 1 aromatic carbocycles. The fraction of sp³-hybridized carbons (Fsp3) is 0.650. The van der Waals surface area contributed by atoms with Crippen molar-refractivity contribution in [1.29, 1.82) is 0 Å². The molecule has 2 heterocycles. The molecule has 5 nitrogen and oxygen atoms in total. The van der Waals surface area contributed by atoms with Gasteiger partial charge in [-0.3, -0.25) is 9.69 Å². The molecular weight excluding hydrogens is 316 g/mol. The largest absolute Gasteiger partial charge is 0.497 e. The highest BCUT2D eigenvalue weighted by molar-refractivity contribution is 5.76. The Bertz CT molecular complexity index is 611. The minimum Gasteiger partial charge on any atom is -0.497 e. The highest BCUT2D eigenvalue weighted by Crippen LogP contribution is 2.41. The summed E-state index contributed by atoms with van der Waals surface area (Å²) >= 11 is 0. The summed E-state index contributed by atoms with van der Waals surface area (Å²) in [6.45, 7) is 2.58. The second kappa shape index (κ2) is 7.34. The first kappa shape index (κ1) is 16.9. The summed E-state index contributed by atoms with van der Waals surface area (Å²) in [6.07, 6.45) is 5.17. The van der Waals surface area contributed by atoms with Gasteiger partial charge in [-0.2, -0.15) is 0 Å². The van der Waals surface area contributed by atoms with Crippen LogP contribution < -0.4 is 10.1 Å². The molecule has 3 aliphatic rings. The molecule has 1 amide bonds. The molecular formula is C20H28N2O3. The number of hydrogen-bond acceptors (Lipinski definition) is 4.